The van der Waals surface area contributed by atoms with E-state index in [1.54, 1.807) is 0 Å². The second kappa shape index (κ2) is 6.92. The van der Waals surface area contributed by atoms with Crippen LogP contribution in [0.2, 0.25) is 0 Å². The van der Waals surface area contributed by atoms with Crippen LogP contribution in [0.5, 0.6) is 5.75 Å². The van der Waals surface area contributed by atoms with E-state index in [0.717, 1.165) is 25.2 Å². The molecular weight excluding hydrogens is 236 g/mol. The average molecular weight is 262 g/mol. The van der Waals surface area contributed by atoms with Gasteiger partial charge in [-0.05, 0) is 42.7 Å². The lowest BCUT2D eigenvalue weighted by molar-refractivity contribution is 0.240. The highest BCUT2D eigenvalue weighted by Crippen LogP contribution is 2.37. The van der Waals surface area contributed by atoms with Gasteiger partial charge in [0.15, 0.2) is 0 Å². The Morgan fingerprint density at radius 3 is 2.95 bits per heavy atom. The van der Waals surface area contributed by atoms with Crippen LogP contribution in [0, 0.1) is 5.92 Å². The minimum atomic E-state index is 0.385. The van der Waals surface area contributed by atoms with Crippen LogP contribution in [0.1, 0.15) is 51.0 Å². The van der Waals surface area contributed by atoms with Gasteiger partial charge in [-0.25, -0.2) is 0 Å². The predicted molar refractivity (Wildman–Crippen MR) is 79.1 cm³/mol. The van der Waals surface area contributed by atoms with E-state index in [0.29, 0.717) is 17.9 Å². The third-order valence-corrected chi connectivity index (χ3v) is 4.27. The standard InChI is InChI=1S/C16H26N2O/c1-3-6-12(2)15(18-17)11-13-9-10-19-16-8-5-4-7-14(13)16/h4-5,7-8,12-13,15,18H,3,6,9-11,17H2,1-2H3. The summed E-state index contributed by atoms with van der Waals surface area (Å²) in [5.74, 6) is 7.99. The van der Waals surface area contributed by atoms with Gasteiger partial charge in [0.2, 0.25) is 0 Å². The molecule has 3 nitrogen and oxygen atoms in total. The molecule has 1 aliphatic heterocycles. The molecule has 1 aliphatic rings. The first kappa shape index (κ1) is 14.4. The summed E-state index contributed by atoms with van der Waals surface area (Å²) in [7, 11) is 0. The first-order valence-corrected chi connectivity index (χ1v) is 7.44. The van der Waals surface area contributed by atoms with Crippen LogP contribution in [0.25, 0.3) is 0 Å². The maximum Gasteiger partial charge on any atom is 0.122 e. The van der Waals surface area contributed by atoms with Crippen molar-refractivity contribution in [1.82, 2.24) is 5.43 Å². The van der Waals surface area contributed by atoms with Crippen LogP contribution in [0.3, 0.4) is 0 Å². The van der Waals surface area contributed by atoms with Gasteiger partial charge < -0.3 is 4.74 Å². The molecule has 0 aliphatic carbocycles. The van der Waals surface area contributed by atoms with Crippen molar-refractivity contribution in [3.8, 4) is 5.75 Å². The van der Waals surface area contributed by atoms with Crippen molar-refractivity contribution < 1.29 is 4.74 Å². The van der Waals surface area contributed by atoms with Crippen molar-refractivity contribution in [3.63, 3.8) is 0 Å². The molecule has 19 heavy (non-hydrogen) atoms. The molecule has 1 heterocycles. The SMILES string of the molecule is CCCC(C)C(CC1CCOc2ccccc21)NN. The molecular formula is C16H26N2O. The van der Waals surface area contributed by atoms with Gasteiger partial charge in [0, 0.05) is 6.04 Å². The number of hydrogen-bond donors (Lipinski definition) is 2. The fraction of sp³-hybridized carbons (Fsp3) is 0.625. The number of fused-ring (bicyclic) bond motifs is 1. The Bertz CT molecular complexity index is 394. The van der Waals surface area contributed by atoms with Crippen molar-refractivity contribution in [2.75, 3.05) is 6.61 Å². The second-order valence-electron chi connectivity index (χ2n) is 5.65. The van der Waals surface area contributed by atoms with E-state index in [4.69, 9.17) is 10.6 Å². The number of benzene rings is 1. The summed E-state index contributed by atoms with van der Waals surface area (Å²) in [5.41, 5.74) is 4.37. The second-order valence-corrected chi connectivity index (χ2v) is 5.65. The molecule has 3 heteroatoms. The Morgan fingerprint density at radius 1 is 1.42 bits per heavy atom. The van der Waals surface area contributed by atoms with Crippen molar-refractivity contribution in [1.29, 1.82) is 0 Å². The molecule has 0 fully saturated rings. The molecule has 3 atom stereocenters. The highest BCUT2D eigenvalue weighted by molar-refractivity contribution is 5.37. The van der Waals surface area contributed by atoms with E-state index >= 15 is 0 Å². The van der Waals surface area contributed by atoms with Crippen LogP contribution >= 0.6 is 0 Å². The summed E-state index contributed by atoms with van der Waals surface area (Å²) in [6.45, 7) is 5.34. The normalized spacial score (nSPS) is 21.3. The average Bonchev–Trinajstić information content (AvgIpc) is 2.45. The number of rotatable bonds is 6. The molecule has 2 rings (SSSR count). The lowest BCUT2D eigenvalue weighted by Crippen LogP contribution is -2.41. The summed E-state index contributed by atoms with van der Waals surface area (Å²) < 4.78 is 5.73. The predicted octanol–water partition coefficient (Wildman–Crippen LogP) is 3.21. The van der Waals surface area contributed by atoms with Gasteiger partial charge in [-0.3, -0.25) is 11.3 Å². The number of para-hydroxylation sites is 1. The summed E-state index contributed by atoms with van der Waals surface area (Å²) in [5, 5.41) is 0. The molecule has 0 radical (unpaired) electrons. The lowest BCUT2D eigenvalue weighted by Gasteiger charge is -2.31. The zero-order chi connectivity index (χ0) is 13.7. The van der Waals surface area contributed by atoms with Crippen molar-refractivity contribution >= 4 is 0 Å². The highest BCUT2D eigenvalue weighted by atomic mass is 16.5. The Hall–Kier alpha value is -1.06. The molecule has 106 valence electrons. The monoisotopic (exact) mass is 262 g/mol. The Morgan fingerprint density at radius 2 is 2.21 bits per heavy atom. The van der Waals surface area contributed by atoms with Gasteiger partial charge in [-0.1, -0.05) is 38.5 Å². The van der Waals surface area contributed by atoms with Gasteiger partial charge in [0.25, 0.3) is 0 Å². The van der Waals surface area contributed by atoms with Gasteiger partial charge in [0.05, 0.1) is 6.61 Å². The van der Waals surface area contributed by atoms with E-state index in [9.17, 15) is 0 Å². The number of hydrazine groups is 1. The van der Waals surface area contributed by atoms with Crippen LogP contribution in [0.4, 0.5) is 0 Å². The summed E-state index contributed by atoms with van der Waals surface area (Å²) in [6.07, 6.45) is 4.62. The molecule has 3 N–H and O–H groups in total. The van der Waals surface area contributed by atoms with Crippen LogP contribution in [-0.4, -0.2) is 12.6 Å². The molecule has 0 saturated heterocycles. The minimum absolute atomic E-state index is 0.385. The van der Waals surface area contributed by atoms with Crippen LogP contribution < -0.4 is 16.0 Å². The number of hydrogen-bond acceptors (Lipinski definition) is 3. The van der Waals surface area contributed by atoms with Crippen molar-refractivity contribution in [2.45, 2.75) is 51.5 Å². The van der Waals surface area contributed by atoms with Crippen LogP contribution in [0.15, 0.2) is 24.3 Å². The van der Waals surface area contributed by atoms with E-state index in [1.165, 1.54) is 18.4 Å². The van der Waals surface area contributed by atoms with E-state index in [-0.39, 0.29) is 0 Å². The Kier molecular flexibility index (Phi) is 5.23. The molecule has 0 amide bonds. The molecule has 1 aromatic rings. The quantitative estimate of drug-likeness (QED) is 0.611. The third-order valence-electron chi connectivity index (χ3n) is 4.27. The summed E-state index contributed by atoms with van der Waals surface area (Å²) in [6, 6.07) is 8.79. The van der Waals surface area contributed by atoms with E-state index in [2.05, 4.69) is 37.5 Å². The van der Waals surface area contributed by atoms with Crippen LogP contribution in [-0.2, 0) is 0 Å². The Labute approximate surface area is 116 Å². The van der Waals surface area contributed by atoms with Gasteiger partial charge in [-0.2, -0.15) is 0 Å². The minimum Gasteiger partial charge on any atom is -0.493 e. The van der Waals surface area contributed by atoms with Crippen molar-refractivity contribution in [2.24, 2.45) is 11.8 Å². The number of nitrogens with two attached hydrogens (primary N) is 1. The molecule has 1 aromatic carbocycles. The fourth-order valence-corrected chi connectivity index (χ4v) is 3.09. The van der Waals surface area contributed by atoms with E-state index in [1.807, 2.05) is 6.07 Å². The topological polar surface area (TPSA) is 47.3 Å². The molecule has 0 bridgehead atoms. The first-order valence-electron chi connectivity index (χ1n) is 7.44. The highest BCUT2D eigenvalue weighted by Gasteiger charge is 2.26. The summed E-state index contributed by atoms with van der Waals surface area (Å²) >= 11 is 0. The van der Waals surface area contributed by atoms with Crippen molar-refractivity contribution in [3.05, 3.63) is 29.8 Å². The lowest BCUT2D eigenvalue weighted by atomic mass is 9.83. The van der Waals surface area contributed by atoms with E-state index < -0.39 is 0 Å². The Balaban J connectivity index is 2.06. The third kappa shape index (κ3) is 3.48. The van der Waals surface area contributed by atoms with Gasteiger partial charge >= 0.3 is 0 Å². The fourth-order valence-electron chi connectivity index (χ4n) is 3.09. The maximum atomic E-state index is 5.76. The molecule has 0 saturated carbocycles. The molecule has 3 unspecified atom stereocenters. The van der Waals surface area contributed by atoms with Gasteiger partial charge in [0.1, 0.15) is 5.75 Å². The largest absolute Gasteiger partial charge is 0.493 e. The number of nitrogens with one attached hydrogen (secondary N) is 1. The maximum absolute atomic E-state index is 5.76. The number of ether oxygens (including phenoxy) is 1. The zero-order valence-electron chi connectivity index (χ0n) is 12.1. The zero-order valence-corrected chi connectivity index (χ0v) is 12.1. The van der Waals surface area contributed by atoms with Gasteiger partial charge in [-0.15, -0.1) is 0 Å². The molecule has 0 aromatic heterocycles. The first-order chi connectivity index (χ1) is 9.26. The molecule has 0 spiro atoms. The summed E-state index contributed by atoms with van der Waals surface area (Å²) in [4.78, 5) is 0. The smallest absolute Gasteiger partial charge is 0.122 e.